The molecule has 0 bridgehead atoms. The molecule has 0 spiro atoms. The first kappa shape index (κ1) is 36.3. The highest BCUT2D eigenvalue weighted by Gasteiger charge is 2.16. The molecule has 5 rings (SSSR count). The van der Waals surface area contributed by atoms with E-state index in [9.17, 15) is 0 Å². The van der Waals surface area contributed by atoms with Crippen LogP contribution in [0.15, 0.2) is 121 Å². The summed E-state index contributed by atoms with van der Waals surface area (Å²) in [4.78, 5) is 10.3. The third-order valence-electron chi connectivity index (χ3n) is 7.48. The van der Waals surface area contributed by atoms with Crippen LogP contribution in [0.2, 0.25) is 0 Å². The molecular weight excluding hydrogens is 536 g/mol. The van der Waals surface area contributed by atoms with E-state index in [4.69, 9.17) is 0 Å². The third kappa shape index (κ3) is 12.0. The van der Waals surface area contributed by atoms with Crippen LogP contribution < -0.4 is 19.6 Å². The van der Waals surface area contributed by atoms with Gasteiger partial charge in [-0.25, -0.2) is 0 Å². The van der Waals surface area contributed by atoms with Crippen molar-refractivity contribution in [2.45, 2.75) is 54.4 Å². The van der Waals surface area contributed by atoms with Crippen LogP contribution >= 0.6 is 0 Å². The van der Waals surface area contributed by atoms with Gasteiger partial charge in [-0.15, -0.1) is 0 Å². The van der Waals surface area contributed by atoms with Crippen molar-refractivity contribution in [1.29, 1.82) is 0 Å². The van der Waals surface area contributed by atoms with Gasteiger partial charge in [0.05, 0.1) is 0 Å². The number of hydrogen-bond donors (Lipinski definition) is 0. The zero-order valence-corrected chi connectivity index (χ0v) is 28.4. The Morgan fingerprint density at radius 1 is 0.273 bits per heavy atom. The molecule has 44 heavy (non-hydrogen) atoms. The lowest BCUT2D eigenvalue weighted by atomic mass is 10.2. The van der Waals surface area contributed by atoms with Gasteiger partial charge in [0.2, 0.25) is 0 Å². The van der Waals surface area contributed by atoms with E-state index >= 15 is 0 Å². The predicted molar refractivity (Wildman–Crippen MR) is 198 cm³/mol. The number of benzene rings is 4. The molecule has 4 aromatic carbocycles. The van der Waals surface area contributed by atoms with Crippen LogP contribution in [0, 0.1) is 0 Å². The van der Waals surface area contributed by atoms with Crippen LogP contribution in [0.25, 0.3) is 0 Å². The van der Waals surface area contributed by atoms with E-state index in [0.29, 0.717) is 0 Å². The molecular formula is C40H58N4. The summed E-state index contributed by atoms with van der Waals surface area (Å²) in [5.74, 6) is 0. The van der Waals surface area contributed by atoms with Crippen molar-refractivity contribution in [2.24, 2.45) is 0 Å². The lowest BCUT2D eigenvalue weighted by Crippen LogP contribution is -2.41. The van der Waals surface area contributed by atoms with Crippen LogP contribution in [-0.4, -0.2) is 52.4 Å². The van der Waals surface area contributed by atoms with Crippen molar-refractivity contribution in [3.8, 4) is 0 Å². The summed E-state index contributed by atoms with van der Waals surface area (Å²) in [5, 5.41) is 0. The molecule has 1 aliphatic heterocycles. The molecule has 0 radical (unpaired) electrons. The van der Waals surface area contributed by atoms with Crippen molar-refractivity contribution in [3.63, 3.8) is 0 Å². The highest BCUT2D eigenvalue weighted by molar-refractivity contribution is 5.51. The van der Waals surface area contributed by atoms with Crippen LogP contribution in [-0.2, 0) is 0 Å². The highest BCUT2D eigenvalue weighted by atomic mass is 15.2. The summed E-state index contributed by atoms with van der Waals surface area (Å²) < 4.78 is 0. The van der Waals surface area contributed by atoms with Crippen LogP contribution in [0.1, 0.15) is 54.4 Å². The Labute approximate surface area is 269 Å². The second-order valence-electron chi connectivity index (χ2n) is 10.00. The molecule has 238 valence electrons. The quantitative estimate of drug-likeness (QED) is 0.233. The van der Waals surface area contributed by atoms with Gasteiger partial charge in [0.15, 0.2) is 0 Å². The van der Waals surface area contributed by atoms with Gasteiger partial charge in [0.25, 0.3) is 0 Å². The standard InChI is InChI=1S/C34H40N4.3C2H6/c1-5-15-31(16-6-1)35-23-13-24-37(33-19-9-3-10-20-33)29-30-38(34-21-11-4-12-22-34)26-14-25-36(28-27-35)32-17-7-2-8-18-32;3*1-2/h1-12,15-22H,13-14,23-30H2;3*1-2H3. The Kier molecular flexibility index (Phi) is 18.6. The van der Waals surface area contributed by atoms with Crippen molar-refractivity contribution in [1.82, 2.24) is 0 Å². The SMILES string of the molecule is CC.CC.CC.c1ccc(N2CCCN(c3ccccc3)CCN(c3ccccc3)CCCN(c3ccccc3)CC2)cc1. The monoisotopic (exact) mass is 594 g/mol. The summed E-state index contributed by atoms with van der Waals surface area (Å²) in [7, 11) is 0. The summed E-state index contributed by atoms with van der Waals surface area (Å²) >= 11 is 0. The first-order chi connectivity index (χ1) is 21.9. The molecule has 1 saturated heterocycles. The average molecular weight is 595 g/mol. The Morgan fingerprint density at radius 2 is 0.455 bits per heavy atom. The molecule has 1 aliphatic rings. The van der Waals surface area contributed by atoms with Gasteiger partial charge >= 0.3 is 0 Å². The van der Waals surface area contributed by atoms with Crippen molar-refractivity contribution in [2.75, 3.05) is 72.0 Å². The minimum absolute atomic E-state index is 1.01. The van der Waals surface area contributed by atoms with Crippen molar-refractivity contribution < 1.29 is 0 Å². The average Bonchev–Trinajstić information content (AvgIpc) is 3.13. The summed E-state index contributed by atoms with van der Waals surface area (Å²) in [6.45, 7) is 20.2. The van der Waals surface area contributed by atoms with Gasteiger partial charge < -0.3 is 19.6 Å². The third-order valence-corrected chi connectivity index (χ3v) is 7.48. The molecule has 0 atom stereocenters. The fraction of sp³-hybridized carbons (Fsp3) is 0.400. The van der Waals surface area contributed by atoms with E-state index in [0.717, 1.165) is 65.2 Å². The van der Waals surface area contributed by atoms with Gasteiger partial charge in [-0.1, -0.05) is 114 Å². The van der Waals surface area contributed by atoms with Crippen molar-refractivity contribution >= 4 is 22.7 Å². The van der Waals surface area contributed by atoms with E-state index in [1.807, 2.05) is 41.5 Å². The zero-order valence-electron chi connectivity index (χ0n) is 28.4. The smallest absolute Gasteiger partial charge is 0.0366 e. The first-order valence-electron chi connectivity index (χ1n) is 17.1. The van der Waals surface area contributed by atoms with E-state index in [1.54, 1.807) is 0 Å². The number of rotatable bonds is 4. The molecule has 0 saturated carbocycles. The Hall–Kier alpha value is -3.92. The summed E-state index contributed by atoms with van der Waals surface area (Å²) in [6.07, 6.45) is 2.22. The molecule has 0 aliphatic carbocycles. The van der Waals surface area contributed by atoms with Crippen LogP contribution in [0.3, 0.4) is 0 Å². The number of para-hydroxylation sites is 4. The van der Waals surface area contributed by atoms with Crippen LogP contribution in [0.4, 0.5) is 22.7 Å². The van der Waals surface area contributed by atoms with Gasteiger partial charge in [-0.3, -0.25) is 0 Å². The molecule has 4 aromatic rings. The Balaban J connectivity index is 0.00000106. The fourth-order valence-corrected chi connectivity index (χ4v) is 5.42. The number of anilines is 4. The highest BCUT2D eigenvalue weighted by Crippen LogP contribution is 2.21. The normalized spacial score (nSPS) is 14.4. The van der Waals surface area contributed by atoms with Crippen molar-refractivity contribution in [3.05, 3.63) is 121 Å². The predicted octanol–water partition coefficient (Wildman–Crippen LogP) is 9.89. The minimum atomic E-state index is 1.01. The number of hydrogen-bond acceptors (Lipinski definition) is 4. The van der Waals surface area contributed by atoms with E-state index in [1.165, 1.54) is 22.7 Å². The maximum atomic E-state index is 2.57. The van der Waals surface area contributed by atoms with Gasteiger partial charge in [-0.05, 0) is 61.4 Å². The maximum absolute atomic E-state index is 2.57. The minimum Gasteiger partial charge on any atom is -0.370 e. The summed E-state index contributed by atoms with van der Waals surface area (Å²) in [5.41, 5.74) is 5.26. The van der Waals surface area contributed by atoms with Gasteiger partial charge in [0, 0.05) is 75.1 Å². The van der Waals surface area contributed by atoms with Crippen LogP contribution in [0.5, 0.6) is 0 Å². The topological polar surface area (TPSA) is 13.0 Å². The van der Waals surface area contributed by atoms with Gasteiger partial charge in [0.1, 0.15) is 0 Å². The largest absolute Gasteiger partial charge is 0.370 e. The molecule has 0 amide bonds. The lowest BCUT2D eigenvalue weighted by Gasteiger charge is -2.35. The molecule has 1 heterocycles. The fourth-order valence-electron chi connectivity index (χ4n) is 5.42. The van der Waals surface area contributed by atoms with E-state index in [-0.39, 0.29) is 0 Å². The molecule has 4 heteroatoms. The summed E-state index contributed by atoms with van der Waals surface area (Å²) in [6, 6.07) is 43.7. The molecule has 0 N–H and O–H groups in total. The molecule has 0 unspecified atom stereocenters. The maximum Gasteiger partial charge on any atom is 0.0366 e. The molecule has 0 aromatic heterocycles. The number of nitrogens with zero attached hydrogens (tertiary/aromatic N) is 4. The lowest BCUT2D eigenvalue weighted by molar-refractivity contribution is 0.632. The van der Waals surface area contributed by atoms with Gasteiger partial charge in [-0.2, -0.15) is 0 Å². The van der Waals surface area contributed by atoms with E-state index in [2.05, 4.69) is 141 Å². The zero-order chi connectivity index (χ0) is 31.8. The second-order valence-corrected chi connectivity index (χ2v) is 10.00. The Morgan fingerprint density at radius 3 is 0.636 bits per heavy atom. The Bertz CT molecular complexity index is 993. The molecule has 4 nitrogen and oxygen atoms in total. The second kappa shape index (κ2) is 22.6. The molecule has 1 fully saturated rings. The first-order valence-corrected chi connectivity index (χ1v) is 17.1. The van der Waals surface area contributed by atoms with E-state index < -0.39 is 0 Å².